The van der Waals surface area contributed by atoms with Crippen molar-refractivity contribution >= 4 is 55.0 Å². The molecule has 3 saturated heterocycles. The van der Waals surface area contributed by atoms with Crippen LogP contribution in [0.2, 0.25) is 5.02 Å². The van der Waals surface area contributed by atoms with Crippen LogP contribution >= 0.6 is 22.9 Å². The van der Waals surface area contributed by atoms with Crippen molar-refractivity contribution in [2.24, 2.45) is 11.8 Å². The molecule has 0 aliphatic carbocycles. The van der Waals surface area contributed by atoms with Gasteiger partial charge in [-0.05, 0) is 56.5 Å². The summed E-state index contributed by atoms with van der Waals surface area (Å²) in [7, 11) is 2.08. The number of anilines is 2. The molecule has 0 amide bonds. The Morgan fingerprint density at radius 3 is 2.69 bits per heavy atom. The van der Waals surface area contributed by atoms with Crippen molar-refractivity contribution < 1.29 is 13.5 Å². The number of hydrogen-bond donors (Lipinski definition) is 2. The van der Waals surface area contributed by atoms with E-state index in [-0.39, 0.29) is 43.5 Å². The monoisotopic (exact) mass is 571 g/mol. The molecule has 3 aliphatic rings. The van der Waals surface area contributed by atoms with Gasteiger partial charge in [0.25, 0.3) is 0 Å². The Balaban J connectivity index is 1.37. The van der Waals surface area contributed by atoms with E-state index in [1.165, 1.54) is 12.1 Å². The van der Waals surface area contributed by atoms with Crippen molar-refractivity contribution in [2.75, 3.05) is 57.0 Å². The summed E-state index contributed by atoms with van der Waals surface area (Å²) in [5.41, 5.74) is 6.73. The maximum Gasteiger partial charge on any atom is 0.319 e. The van der Waals surface area contributed by atoms with Gasteiger partial charge in [0.1, 0.15) is 23.8 Å². The van der Waals surface area contributed by atoms with Crippen molar-refractivity contribution in [1.82, 2.24) is 25.2 Å². The van der Waals surface area contributed by atoms with E-state index in [2.05, 4.69) is 32.1 Å². The number of halogens is 3. The highest BCUT2D eigenvalue weighted by Gasteiger charge is 2.38. The molecule has 5 heterocycles. The Kier molecular flexibility index (Phi) is 6.22. The fourth-order valence-electron chi connectivity index (χ4n) is 6.30. The Bertz CT molecular complexity index is 1590. The van der Waals surface area contributed by atoms with E-state index in [1.54, 1.807) is 6.07 Å². The number of aromatic nitrogens is 3. The Labute approximate surface area is 233 Å². The largest absolute Gasteiger partial charge is 0.462 e. The zero-order valence-corrected chi connectivity index (χ0v) is 23.0. The van der Waals surface area contributed by atoms with E-state index in [9.17, 15) is 4.39 Å². The fraction of sp³-hybridized carbons (Fsp3) is 0.444. The second-order valence-corrected chi connectivity index (χ2v) is 12.2. The molecular formula is C27H28ClF2N7OS. The lowest BCUT2D eigenvalue weighted by molar-refractivity contribution is 0.188. The summed E-state index contributed by atoms with van der Waals surface area (Å²) in [4.78, 5) is 18.1. The van der Waals surface area contributed by atoms with Gasteiger partial charge in [-0.15, -0.1) is 0 Å². The molecule has 0 spiro atoms. The molecular weight excluding hydrogens is 544 g/mol. The topological polar surface area (TPSA) is 92.4 Å². The number of nitrogens with two attached hydrogens (primary N) is 1. The highest BCUT2D eigenvalue weighted by molar-refractivity contribution is 7.22. The van der Waals surface area contributed by atoms with Gasteiger partial charge in [0.05, 0.1) is 15.2 Å². The van der Waals surface area contributed by atoms with Crippen LogP contribution in [0.4, 0.5) is 19.7 Å². The Morgan fingerprint density at radius 1 is 1.15 bits per heavy atom. The van der Waals surface area contributed by atoms with Crippen molar-refractivity contribution in [3.05, 3.63) is 34.9 Å². The highest BCUT2D eigenvalue weighted by Crippen LogP contribution is 2.43. The molecule has 0 bridgehead atoms. The van der Waals surface area contributed by atoms with Crippen molar-refractivity contribution in [3.63, 3.8) is 0 Å². The summed E-state index contributed by atoms with van der Waals surface area (Å²) in [6, 6.07) is 4.87. The normalized spacial score (nSPS) is 23.4. The number of likely N-dealkylation sites (tertiary alicyclic amines) is 1. The first-order valence-corrected chi connectivity index (χ1v) is 14.4. The maximum atomic E-state index is 16.5. The van der Waals surface area contributed by atoms with Crippen molar-refractivity contribution in [3.8, 4) is 17.1 Å². The SMILES string of the molecule is CN1CCC[C@H]1COc1nc(N2CC3CNCC3C2)c2cc(Cl)c(-c3ccc(F)c4sc(N)nc34)c(F)c2n1. The second-order valence-electron chi connectivity index (χ2n) is 10.8. The molecule has 4 aromatic rings. The van der Waals surface area contributed by atoms with Crippen LogP contribution < -0.4 is 20.7 Å². The number of nitrogen functional groups attached to an aromatic ring is 1. The number of benzene rings is 2. The van der Waals surface area contributed by atoms with E-state index in [0.717, 1.165) is 56.9 Å². The number of likely N-dealkylation sites (N-methyl/N-ethyl adjacent to an activating group) is 1. The predicted octanol–water partition coefficient (Wildman–Crippen LogP) is 4.55. The van der Waals surface area contributed by atoms with Gasteiger partial charge in [-0.3, -0.25) is 0 Å². The molecule has 2 aromatic carbocycles. The maximum absolute atomic E-state index is 16.5. The molecule has 0 saturated carbocycles. The number of thiazole rings is 1. The van der Waals surface area contributed by atoms with Crippen molar-refractivity contribution in [1.29, 1.82) is 0 Å². The second kappa shape index (κ2) is 9.65. The fourth-order valence-corrected chi connectivity index (χ4v) is 7.35. The predicted molar refractivity (Wildman–Crippen MR) is 151 cm³/mol. The van der Waals surface area contributed by atoms with Gasteiger partial charge in [-0.25, -0.2) is 13.8 Å². The molecule has 3 N–H and O–H groups in total. The summed E-state index contributed by atoms with van der Waals surface area (Å²) < 4.78 is 37.4. The highest BCUT2D eigenvalue weighted by atomic mass is 35.5. The molecule has 3 atom stereocenters. The Morgan fingerprint density at radius 2 is 1.95 bits per heavy atom. The summed E-state index contributed by atoms with van der Waals surface area (Å²) in [6.45, 7) is 4.98. The molecule has 2 unspecified atom stereocenters. The first-order valence-electron chi connectivity index (χ1n) is 13.2. The molecule has 8 nitrogen and oxygen atoms in total. The molecule has 3 aliphatic heterocycles. The van der Waals surface area contributed by atoms with Crippen LogP contribution in [0.3, 0.4) is 0 Å². The van der Waals surface area contributed by atoms with Gasteiger partial charge in [0.2, 0.25) is 0 Å². The molecule has 2 aromatic heterocycles. The molecule has 7 rings (SSSR count). The van der Waals surface area contributed by atoms with Crippen LogP contribution in [-0.4, -0.2) is 72.3 Å². The van der Waals surface area contributed by atoms with E-state index in [4.69, 9.17) is 27.1 Å². The standard InChI is InChI=1S/C27H28ClF2N7OS/c1-36-6-2-3-15(36)12-38-27-34-22-17(25(35-27)37-10-13-8-32-9-14(13)11-37)7-18(28)20(21(22)30)16-4-5-19(29)24-23(16)33-26(31)39-24/h4-5,7,13-15,32H,2-3,6,8-12H2,1H3,(H2,31,33)/t13?,14?,15-/m0/s1. The lowest BCUT2D eigenvalue weighted by atomic mass is 10.0. The van der Waals surface area contributed by atoms with Crippen LogP contribution in [-0.2, 0) is 0 Å². The number of fused-ring (bicyclic) bond motifs is 3. The van der Waals surface area contributed by atoms with E-state index >= 15 is 4.39 Å². The summed E-state index contributed by atoms with van der Waals surface area (Å²) in [5, 5.41) is 4.35. The van der Waals surface area contributed by atoms with E-state index in [1.807, 2.05) is 0 Å². The first kappa shape index (κ1) is 25.1. The van der Waals surface area contributed by atoms with Crippen LogP contribution in [0.1, 0.15) is 12.8 Å². The van der Waals surface area contributed by atoms with Crippen LogP contribution in [0.15, 0.2) is 18.2 Å². The zero-order chi connectivity index (χ0) is 26.8. The van der Waals surface area contributed by atoms with Gasteiger partial charge in [-0.2, -0.15) is 9.97 Å². The minimum Gasteiger partial charge on any atom is -0.462 e. The number of rotatable bonds is 5. The number of ether oxygens (including phenoxy) is 1. The van der Waals surface area contributed by atoms with Gasteiger partial charge < -0.3 is 25.6 Å². The molecule has 0 radical (unpaired) electrons. The lowest BCUT2D eigenvalue weighted by Gasteiger charge is -2.23. The van der Waals surface area contributed by atoms with Gasteiger partial charge in [0, 0.05) is 48.7 Å². The molecule has 3 fully saturated rings. The summed E-state index contributed by atoms with van der Waals surface area (Å²) in [5.74, 6) is 0.553. The van der Waals surface area contributed by atoms with Crippen LogP contribution in [0.25, 0.3) is 32.2 Å². The third kappa shape index (κ3) is 4.26. The quantitative estimate of drug-likeness (QED) is 0.360. The smallest absolute Gasteiger partial charge is 0.319 e. The molecule has 12 heteroatoms. The number of hydrogen-bond acceptors (Lipinski definition) is 9. The van der Waals surface area contributed by atoms with Gasteiger partial charge in [0.15, 0.2) is 10.9 Å². The molecule has 204 valence electrons. The minimum absolute atomic E-state index is 0.105. The minimum atomic E-state index is -0.621. The van der Waals surface area contributed by atoms with Crippen molar-refractivity contribution in [2.45, 2.75) is 18.9 Å². The van der Waals surface area contributed by atoms with E-state index < -0.39 is 11.6 Å². The average molecular weight is 572 g/mol. The third-order valence-corrected chi connectivity index (χ3v) is 9.58. The lowest BCUT2D eigenvalue weighted by Crippen LogP contribution is -2.31. The van der Waals surface area contributed by atoms with Crippen LogP contribution in [0, 0.1) is 23.5 Å². The zero-order valence-electron chi connectivity index (χ0n) is 21.4. The van der Waals surface area contributed by atoms with E-state index in [0.29, 0.717) is 35.2 Å². The van der Waals surface area contributed by atoms with Gasteiger partial charge in [-0.1, -0.05) is 22.9 Å². The first-order chi connectivity index (χ1) is 18.9. The summed E-state index contributed by atoms with van der Waals surface area (Å²) >= 11 is 7.77. The average Bonchev–Trinajstić information content (AvgIpc) is 3.68. The third-order valence-electron chi connectivity index (χ3n) is 8.39. The summed E-state index contributed by atoms with van der Waals surface area (Å²) in [6.07, 6.45) is 2.15. The number of nitrogens with one attached hydrogen (secondary N) is 1. The number of nitrogens with zero attached hydrogens (tertiary/aromatic N) is 5. The van der Waals surface area contributed by atoms with Crippen LogP contribution in [0.5, 0.6) is 6.01 Å². The van der Waals surface area contributed by atoms with Gasteiger partial charge >= 0.3 is 6.01 Å². The Hall–Kier alpha value is -2.86. The molecule has 39 heavy (non-hydrogen) atoms.